The molecule has 142 valence electrons. The highest BCUT2D eigenvalue weighted by Gasteiger charge is 2.21. The van der Waals surface area contributed by atoms with E-state index in [-0.39, 0.29) is 12.0 Å². The summed E-state index contributed by atoms with van der Waals surface area (Å²) in [5.41, 5.74) is 3.16. The minimum Gasteiger partial charge on any atom is -0.497 e. The summed E-state index contributed by atoms with van der Waals surface area (Å²) in [6.45, 7) is 0.470. The summed E-state index contributed by atoms with van der Waals surface area (Å²) in [5.74, 6) is 0.839. The van der Waals surface area contributed by atoms with Crippen LogP contribution in [-0.4, -0.2) is 37.6 Å². The summed E-state index contributed by atoms with van der Waals surface area (Å²) in [6, 6.07) is 16.0. The van der Waals surface area contributed by atoms with Crippen LogP contribution in [-0.2, 0) is 22.5 Å². The maximum absolute atomic E-state index is 12.1. The maximum atomic E-state index is 12.1. The minimum absolute atomic E-state index is 0.000828. The summed E-state index contributed by atoms with van der Waals surface area (Å²) in [5, 5.41) is 7.11. The fraction of sp³-hybridized carbons (Fsp3) is 0.333. The molecule has 0 radical (unpaired) electrons. The number of rotatable bonds is 8. The second-order valence-corrected chi connectivity index (χ2v) is 7.32. The number of amides is 1. The zero-order valence-electron chi connectivity index (χ0n) is 15.6. The minimum atomic E-state index is -0.0962. The first-order valence-corrected chi connectivity index (χ1v) is 10.1. The van der Waals surface area contributed by atoms with E-state index in [0.29, 0.717) is 13.0 Å². The second-order valence-electron chi connectivity index (χ2n) is 6.44. The van der Waals surface area contributed by atoms with Crippen LogP contribution in [0.3, 0.4) is 0 Å². The highest BCUT2D eigenvalue weighted by atomic mass is 32.2. The molecule has 0 fully saturated rings. The van der Waals surface area contributed by atoms with Crippen LogP contribution in [0.4, 0.5) is 0 Å². The summed E-state index contributed by atoms with van der Waals surface area (Å²) in [6.07, 6.45) is 3.79. The zero-order chi connectivity index (χ0) is 19.1. The molecule has 1 aliphatic heterocycles. The number of nitrogens with zero attached hydrogens (tertiary/aromatic N) is 1. The Labute approximate surface area is 164 Å². The van der Waals surface area contributed by atoms with E-state index in [4.69, 9.17) is 9.57 Å². The van der Waals surface area contributed by atoms with Crippen LogP contribution in [0.15, 0.2) is 58.6 Å². The first-order valence-electron chi connectivity index (χ1n) is 8.90. The molecule has 2 aromatic rings. The van der Waals surface area contributed by atoms with Crippen LogP contribution in [0.25, 0.3) is 0 Å². The Bertz CT molecular complexity index is 788. The number of nitrogens with one attached hydrogen (secondary N) is 1. The highest BCUT2D eigenvalue weighted by molar-refractivity contribution is 7.98. The van der Waals surface area contributed by atoms with Crippen molar-refractivity contribution in [2.75, 3.05) is 19.9 Å². The van der Waals surface area contributed by atoms with Gasteiger partial charge in [-0.15, -0.1) is 11.8 Å². The molecule has 1 amide bonds. The van der Waals surface area contributed by atoms with Gasteiger partial charge in [0.1, 0.15) is 11.9 Å². The molecule has 0 unspecified atom stereocenters. The van der Waals surface area contributed by atoms with Crippen LogP contribution in [0, 0.1) is 0 Å². The third-order valence-corrected chi connectivity index (χ3v) is 5.16. The number of oxime groups is 1. The fourth-order valence-electron chi connectivity index (χ4n) is 2.90. The molecule has 5 nitrogen and oxygen atoms in total. The fourth-order valence-corrected chi connectivity index (χ4v) is 3.31. The van der Waals surface area contributed by atoms with Crippen molar-refractivity contribution in [1.29, 1.82) is 0 Å². The van der Waals surface area contributed by atoms with Gasteiger partial charge in [0.05, 0.1) is 25.8 Å². The monoisotopic (exact) mass is 384 g/mol. The second kappa shape index (κ2) is 9.46. The standard InChI is InChI=1S/C21H24N2O3S/c1-25-18-7-3-15(4-8-18)11-17-13-19(26-23-17)14-22-21(24)12-16-5-9-20(27-2)10-6-16/h3-10,19H,11-14H2,1-2H3,(H,22,24)/t19-/m0/s1. The van der Waals surface area contributed by atoms with Gasteiger partial charge in [-0.25, -0.2) is 0 Å². The molecule has 2 aromatic carbocycles. The molecule has 0 saturated heterocycles. The molecule has 0 spiro atoms. The van der Waals surface area contributed by atoms with E-state index < -0.39 is 0 Å². The van der Waals surface area contributed by atoms with E-state index in [1.54, 1.807) is 18.9 Å². The average molecular weight is 385 g/mol. The predicted octanol–water partition coefficient (Wildman–Crippen LogP) is 3.46. The molecule has 1 atom stereocenters. The van der Waals surface area contributed by atoms with Crippen molar-refractivity contribution < 1.29 is 14.4 Å². The summed E-state index contributed by atoms with van der Waals surface area (Å²) in [4.78, 5) is 18.8. The average Bonchev–Trinajstić information content (AvgIpc) is 3.15. The van der Waals surface area contributed by atoms with Crippen molar-refractivity contribution in [3.05, 3.63) is 59.7 Å². The van der Waals surface area contributed by atoms with Gasteiger partial charge in [0.25, 0.3) is 0 Å². The van der Waals surface area contributed by atoms with Crippen LogP contribution in [0.1, 0.15) is 17.5 Å². The Morgan fingerprint density at radius 1 is 1.19 bits per heavy atom. The molecule has 3 rings (SSSR count). The number of ether oxygens (including phenoxy) is 1. The quantitative estimate of drug-likeness (QED) is 0.708. The number of carbonyl (C=O) groups excluding carboxylic acids is 1. The van der Waals surface area contributed by atoms with Crippen LogP contribution < -0.4 is 10.1 Å². The van der Waals surface area contributed by atoms with E-state index in [1.807, 2.05) is 54.8 Å². The largest absolute Gasteiger partial charge is 0.497 e. The van der Waals surface area contributed by atoms with E-state index in [2.05, 4.69) is 10.5 Å². The number of hydrogen-bond donors (Lipinski definition) is 1. The van der Waals surface area contributed by atoms with Crippen molar-refractivity contribution in [3.63, 3.8) is 0 Å². The Balaban J connectivity index is 1.40. The van der Waals surface area contributed by atoms with Gasteiger partial charge in [-0.3, -0.25) is 4.79 Å². The number of methoxy groups -OCH3 is 1. The van der Waals surface area contributed by atoms with Gasteiger partial charge in [-0.1, -0.05) is 29.4 Å². The third-order valence-electron chi connectivity index (χ3n) is 4.41. The first-order chi connectivity index (χ1) is 13.2. The number of thioether (sulfide) groups is 1. The molecule has 1 heterocycles. The van der Waals surface area contributed by atoms with E-state index >= 15 is 0 Å². The molecule has 1 N–H and O–H groups in total. The highest BCUT2D eigenvalue weighted by Crippen LogP contribution is 2.17. The summed E-state index contributed by atoms with van der Waals surface area (Å²) in [7, 11) is 1.65. The Morgan fingerprint density at radius 2 is 1.89 bits per heavy atom. The molecule has 0 aliphatic carbocycles. The molecule has 0 bridgehead atoms. The van der Waals surface area contributed by atoms with E-state index in [9.17, 15) is 4.79 Å². The molecule has 6 heteroatoms. The van der Waals surface area contributed by atoms with Gasteiger partial charge in [-0.05, 0) is 41.6 Å². The Hall–Kier alpha value is -2.47. The smallest absolute Gasteiger partial charge is 0.224 e. The molecule has 0 saturated carbocycles. The molecule has 27 heavy (non-hydrogen) atoms. The Kier molecular flexibility index (Phi) is 6.76. The lowest BCUT2D eigenvalue weighted by atomic mass is 10.0. The van der Waals surface area contributed by atoms with Crippen molar-refractivity contribution in [2.24, 2.45) is 5.16 Å². The van der Waals surface area contributed by atoms with Crippen molar-refractivity contribution in [3.8, 4) is 5.75 Å². The SMILES string of the molecule is COc1ccc(CC2=NO[C@H](CNC(=O)Cc3ccc(SC)cc3)C2)cc1. The molecule has 1 aliphatic rings. The molecular formula is C21H24N2O3S. The predicted molar refractivity (Wildman–Crippen MR) is 109 cm³/mol. The normalized spacial score (nSPS) is 15.8. The van der Waals surface area contributed by atoms with E-state index in [0.717, 1.165) is 35.4 Å². The van der Waals surface area contributed by atoms with Gasteiger partial charge in [-0.2, -0.15) is 0 Å². The molecule has 0 aromatic heterocycles. The lowest BCUT2D eigenvalue weighted by Gasteiger charge is -2.10. The first kappa shape index (κ1) is 19.3. The number of benzene rings is 2. The maximum Gasteiger partial charge on any atom is 0.224 e. The van der Waals surface area contributed by atoms with Crippen LogP contribution >= 0.6 is 11.8 Å². The van der Waals surface area contributed by atoms with Gasteiger partial charge < -0.3 is 14.9 Å². The number of hydrogen-bond acceptors (Lipinski definition) is 5. The van der Waals surface area contributed by atoms with Crippen molar-refractivity contribution in [2.45, 2.75) is 30.3 Å². The van der Waals surface area contributed by atoms with Gasteiger partial charge in [0.15, 0.2) is 0 Å². The van der Waals surface area contributed by atoms with Crippen LogP contribution in [0.2, 0.25) is 0 Å². The summed E-state index contributed by atoms with van der Waals surface area (Å²) < 4.78 is 5.17. The topological polar surface area (TPSA) is 59.9 Å². The van der Waals surface area contributed by atoms with E-state index in [1.165, 1.54) is 4.90 Å². The van der Waals surface area contributed by atoms with Crippen molar-refractivity contribution >= 4 is 23.4 Å². The van der Waals surface area contributed by atoms with Crippen molar-refractivity contribution in [1.82, 2.24) is 5.32 Å². The third kappa shape index (κ3) is 5.76. The lowest BCUT2D eigenvalue weighted by molar-refractivity contribution is -0.121. The Morgan fingerprint density at radius 3 is 2.56 bits per heavy atom. The lowest BCUT2D eigenvalue weighted by Crippen LogP contribution is -2.33. The zero-order valence-corrected chi connectivity index (χ0v) is 16.4. The van der Waals surface area contributed by atoms with Gasteiger partial charge in [0.2, 0.25) is 5.91 Å². The van der Waals surface area contributed by atoms with Gasteiger partial charge in [0, 0.05) is 17.7 Å². The van der Waals surface area contributed by atoms with Gasteiger partial charge >= 0.3 is 0 Å². The van der Waals surface area contributed by atoms with Crippen LogP contribution in [0.5, 0.6) is 5.75 Å². The summed E-state index contributed by atoms with van der Waals surface area (Å²) >= 11 is 1.69. The number of carbonyl (C=O) groups is 1. The molecular weight excluding hydrogens is 360 g/mol.